The van der Waals surface area contributed by atoms with Crippen molar-refractivity contribution in [3.63, 3.8) is 0 Å². The fourth-order valence-electron chi connectivity index (χ4n) is 1.96. The number of thiazole rings is 1. The van der Waals surface area contributed by atoms with Crippen LogP contribution >= 0.6 is 23.6 Å². The van der Waals surface area contributed by atoms with Crippen LogP contribution in [0.4, 0.5) is 10.8 Å². The number of anilines is 2. The van der Waals surface area contributed by atoms with Crippen LogP contribution < -0.4 is 20.1 Å². The van der Waals surface area contributed by atoms with Gasteiger partial charge in [-0.1, -0.05) is 0 Å². The maximum absolute atomic E-state index is 11.5. The molecule has 0 saturated heterocycles. The zero-order chi connectivity index (χ0) is 18.2. The van der Waals surface area contributed by atoms with Crippen LogP contribution in [-0.4, -0.2) is 36.9 Å². The lowest BCUT2D eigenvalue weighted by Gasteiger charge is -2.13. The quantitative estimate of drug-likeness (QED) is 0.559. The van der Waals surface area contributed by atoms with Crippen LogP contribution in [0.25, 0.3) is 0 Å². The van der Waals surface area contributed by atoms with Gasteiger partial charge in [0.15, 0.2) is 10.2 Å². The molecular formula is C16H19N3O4S2. The number of nitrogens with zero attached hydrogens (tertiary/aromatic N) is 1. The van der Waals surface area contributed by atoms with Crippen molar-refractivity contribution >= 4 is 45.5 Å². The molecule has 1 aromatic heterocycles. The molecule has 0 unspecified atom stereocenters. The number of thiocarbonyl (C=S) groups is 1. The lowest BCUT2D eigenvalue weighted by Crippen LogP contribution is -2.19. The second kappa shape index (κ2) is 9.19. The van der Waals surface area contributed by atoms with E-state index in [1.54, 1.807) is 44.7 Å². The van der Waals surface area contributed by atoms with Gasteiger partial charge < -0.3 is 24.8 Å². The van der Waals surface area contributed by atoms with E-state index in [1.807, 2.05) is 0 Å². The van der Waals surface area contributed by atoms with E-state index >= 15 is 0 Å². The van der Waals surface area contributed by atoms with Crippen molar-refractivity contribution in [1.29, 1.82) is 0 Å². The van der Waals surface area contributed by atoms with E-state index in [9.17, 15) is 4.79 Å². The van der Waals surface area contributed by atoms with Crippen LogP contribution in [0, 0.1) is 0 Å². The van der Waals surface area contributed by atoms with Crippen LogP contribution in [0.2, 0.25) is 0 Å². The summed E-state index contributed by atoms with van der Waals surface area (Å²) in [5.74, 6) is 0.985. The molecule has 0 aliphatic carbocycles. The van der Waals surface area contributed by atoms with Gasteiger partial charge in [0.1, 0.15) is 11.5 Å². The van der Waals surface area contributed by atoms with E-state index in [4.69, 9.17) is 26.4 Å². The van der Waals surface area contributed by atoms with E-state index in [2.05, 4.69) is 15.6 Å². The highest BCUT2D eigenvalue weighted by molar-refractivity contribution is 7.80. The Morgan fingerprint density at radius 2 is 2.08 bits per heavy atom. The molecule has 2 rings (SSSR count). The first-order chi connectivity index (χ1) is 12.0. The minimum absolute atomic E-state index is 0.137. The van der Waals surface area contributed by atoms with E-state index in [1.165, 1.54) is 11.3 Å². The van der Waals surface area contributed by atoms with Crippen molar-refractivity contribution in [1.82, 2.24) is 4.98 Å². The standard InChI is InChI=1S/C16H19N3O4S2/c1-4-23-14(20)7-10-9-25-16(17-10)19-15(24)18-12-6-5-11(21-2)8-13(12)22-3/h5-6,8-9H,4,7H2,1-3H3,(H2,17,18,19,24). The molecule has 1 heterocycles. The summed E-state index contributed by atoms with van der Waals surface area (Å²) in [6, 6.07) is 5.36. The van der Waals surface area contributed by atoms with Gasteiger partial charge >= 0.3 is 5.97 Å². The fourth-order valence-corrected chi connectivity index (χ4v) is 2.94. The molecule has 0 amide bonds. The number of rotatable bonds is 7. The number of carbonyl (C=O) groups excluding carboxylic acids is 1. The maximum atomic E-state index is 11.5. The Bertz CT molecular complexity index is 749. The van der Waals surface area contributed by atoms with Crippen LogP contribution in [0.1, 0.15) is 12.6 Å². The molecule has 2 aromatic rings. The molecule has 25 heavy (non-hydrogen) atoms. The number of nitrogens with one attached hydrogen (secondary N) is 2. The van der Waals surface area contributed by atoms with Gasteiger partial charge in [0.25, 0.3) is 0 Å². The Kier molecular flexibility index (Phi) is 6.96. The Morgan fingerprint density at radius 3 is 2.76 bits per heavy atom. The first-order valence-corrected chi connectivity index (χ1v) is 8.74. The highest BCUT2D eigenvalue weighted by atomic mass is 32.1. The topological polar surface area (TPSA) is 81.7 Å². The van der Waals surface area contributed by atoms with Gasteiger partial charge in [-0.2, -0.15) is 0 Å². The summed E-state index contributed by atoms with van der Waals surface area (Å²) < 4.78 is 15.4. The third-order valence-electron chi connectivity index (χ3n) is 3.06. The second-order valence-corrected chi connectivity index (χ2v) is 6.04. The zero-order valence-corrected chi connectivity index (χ0v) is 15.8. The molecule has 0 aliphatic heterocycles. The summed E-state index contributed by atoms with van der Waals surface area (Å²) in [4.78, 5) is 15.8. The van der Waals surface area contributed by atoms with Crippen LogP contribution in [0.15, 0.2) is 23.6 Å². The predicted octanol–water partition coefficient (Wildman–Crippen LogP) is 3.07. The van der Waals surface area contributed by atoms with E-state index in [0.29, 0.717) is 39.7 Å². The Labute approximate surface area is 155 Å². The average Bonchev–Trinajstić information content (AvgIpc) is 3.01. The van der Waals surface area contributed by atoms with Gasteiger partial charge in [-0.3, -0.25) is 4.79 Å². The second-order valence-electron chi connectivity index (χ2n) is 4.77. The van der Waals surface area contributed by atoms with Gasteiger partial charge in [0.05, 0.1) is 38.6 Å². The number of ether oxygens (including phenoxy) is 3. The smallest absolute Gasteiger partial charge is 0.311 e. The van der Waals surface area contributed by atoms with Crippen LogP contribution in [0.5, 0.6) is 11.5 Å². The van der Waals surface area contributed by atoms with E-state index in [0.717, 1.165) is 0 Å². The summed E-state index contributed by atoms with van der Waals surface area (Å²) in [5, 5.41) is 8.77. The Hall–Kier alpha value is -2.39. The van der Waals surface area contributed by atoms with Crippen molar-refractivity contribution < 1.29 is 19.0 Å². The highest BCUT2D eigenvalue weighted by Gasteiger charge is 2.11. The first-order valence-electron chi connectivity index (χ1n) is 7.45. The normalized spacial score (nSPS) is 10.0. The monoisotopic (exact) mass is 381 g/mol. The van der Waals surface area contributed by atoms with Gasteiger partial charge in [-0.05, 0) is 31.3 Å². The lowest BCUT2D eigenvalue weighted by atomic mass is 10.2. The summed E-state index contributed by atoms with van der Waals surface area (Å²) >= 11 is 6.65. The SMILES string of the molecule is CCOC(=O)Cc1csc(NC(=S)Nc2ccc(OC)cc2OC)n1. The predicted molar refractivity (Wildman–Crippen MR) is 102 cm³/mol. The molecule has 134 valence electrons. The molecular weight excluding hydrogens is 362 g/mol. The first kappa shape index (κ1) is 18.9. The average molecular weight is 381 g/mol. The number of esters is 1. The molecule has 1 aromatic carbocycles. The Morgan fingerprint density at radius 1 is 1.28 bits per heavy atom. The van der Waals surface area contributed by atoms with Gasteiger partial charge in [0, 0.05) is 11.4 Å². The minimum atomic E-state index is -0.303. The molecule has 2 N–H and O–H groups in total. The number of hydrogen-bond acceptors (Lipinski definition) is 7. The molecule has 7 nitrogen and oxygen atoms in total. The number of benzene rings is 1. The van der Waals surface area contributed by atoms with Crippen LogP contribution in [-0.2, 0) is 16.0 Å². The zero-order valence-electron chi connectivity index (χ0n) is 14.1. The van der Waals surface area contributed by atoms with Crippen LogP contribution in [0.3, 0.4) is 0 Å². The summed E-state index contributed by atoms with van der Waals surface area (Å²) in [6.45, 7) is 2.12. The number of aromatic nitrogens is 1. The summed E-state index contributed by atoms with van der Waals surface area (Å²) in [5.41, 5.74) is 1.33. The fraction of sp³-hybridized carbons (Fsp3) is 0.312. The van der Waals surface area contributed by atoms with Crippen molar-refractivity contribution in [2.75, 3.05) is 31.5 Å². The minimum Gasteiger partial charge on any atom is -0.497 e. The molecule has 0 bridgehead atoms. The van der Waals surface area contributed by atoms with Crippen molar-refractivity contribution in [3.8, 4) is 11.5 Å². The molecule has 0 radical (unpaired) electrons. The summed E-state index contributed by atoms with van der Waals surface area (Å²) in [6.07, 6.45) is 0.137. The number of hydrogen-bond donors (Lipinski definition) is 2. The molecule has 0 atom stereocenters. The lowest BCUT2D eigenvalue weighted by molar-refractivity contribution is -0.142. The molecule has 0 fully saturated rings. The number of carbonyl (C=O) groups is 1. The summed E-state index contributed by atoms with van der Waals surface area (Å²) in [7, 11) is 3.16. The highest BCUT2D eigenvalue weighted by Crippen LogP contribution is 2.29. The molecule has 0 saturated carbocycles. The third kappa shape index (κ3) is 5.57. The van der Waals surface area contributed by atoms with E-state index in [-0.39, 0.29) is 12.4 Å². The van der Waals surface area contributed by atoms with Gasteiger partial charge in [0.2, 0.25) is 0 Å². The third-order valence-corrected chi connectivity index (χ3v) is 4.07. The molecule has 0 spiro atoms. The van der Waals surface area contributed by atoms with Crippen molar-refractivity contribution in [2.24, 2.45) is 0 Å². The van der Waals surface area contributed by atoms with Gasteiger partial charge in [-0.25, -0.2) is 4.98 Å². The maximum Gasteiger partial charge on any atom is 0.311 e. The van der Waals surface area contributed by atoms with Gasteiger partial charge in [-0.15, -0.1) is 11.3 Å². The largest absolute Gasteiger partial charge is 0.497 e. The molecule has 9 heteroatoms. The molecule has 0 aliphatic rings. The number of methoxy groups -OCH3 is 2. The van der Waals surface area contributed by atoms with E-state index < -0.39 is 0 Å². The Balaban J connectivity index is 1.96. The van der Waals surface area contributed by atoms with Crippen molar-refractivity contribution in [3.05, 3.63) is 29.3 Å². The van der Waals surface area contributed by atoms with Crippen molar-refractivity contribution in [2.45, 2.75) is 13.3 Å².